The lowest BCUT2D eigenvalue weighted by Crippen LogP contribution is -2.45. The van der Waals surface area contributed by atoms with Gasteiger partial charge in [0.25, 0.3) is 5.91 Å². The van der Waals surface area contributed by atoms with E-state index in [1.165, 1.54) is 18.2 Å². The number of carbonyl (C=O) groups excluding carboxylic acids is 1. The maximum absolute atomic E-state index is 14.4. The van der Waals surface area contributed by atoms with E-state index in [0.29, 0.717) is 5.69 Å². The topological polar surface area (TPSA) is 67.6 Å². The van der Waals surface area contributed by atoms with Crippen LogP contribution in [0.4, 0.5) is 15.8 Å². The van der Waals surface area contributed by atoms with Gasteiger partial charge in [-0.25, -0.2) is 4.39 Å². The summed E-state index contributed by atoms with van der Waals surface area (Å²) in [5, 5.41) is 6.87. The summed E-state index contributed by atoms with van der Waals surface area (Å²) in [5.41, 5.74) is 1.92. The summed E-state index contributed by atoms with van der Waals surface area (Å²) in [6, 6.07) is 11.9. The molecule has 2 unspecified atom stereocenters. The summed E-state index contributed by atoms with van der Waals surface area (Å²) in [5.74, 6) is -0.748. The van der Waals surface area contributed by atoms with Crippen molar-refractivity contribution in [3.8, 4) is 11.3 Å². The molecular formula is C23H23ClFN3O3. The fourth-order valence-corrected chi connectivity index (χ4v) is 4.12. The minimum Gasteiger partial charge on any atom is -0.372 e. The first-order valence-electron chi connectivity index (χ1n) is 10.1. The predicted octanol–water partition coefficient (Wildman–Crippen LogP) is 5.31. The van der Waals surface area contributed by atoms with Crippen molar-refractivity contribution in [1.29, 1.82) is 0 Å². The summed E-state index contributed by atoms with van der Waals surface area (Å²) >= 11 is 6.15. The van der Waals surface area contributed by atoms with E-state index in [-0.39, 0.29) is 39.8 Å². The number of ether oxygens (including phenoxy) is 1. The van der Waals surface area contributed by atoms with Crippen molar-refractivity contribution in [2.24, 2.45) is 0 Å². The number of benzene rings is 2. The molecule has 0 saturated carbocycles. The number of hydrogen-bond acceptors (Lipinski definition) is 5. The molecule has 8 heteroatoms. The van der Waals surface area contributed by atoms with E-state index in [0.717, 1.165) is 18.8 Å². The minimum atomic E-state index is -0.576. The Morgan fingerprint density at radius 1 is 1.16 bits per heavy atom. The van der Waals surface area contributed by atoms with Crippen molar-refractivity contribution in [2.45, 2.75) is 33.0 Å². The van der Waals surface area contributed by atoms with E-state index in [1.54, 1.807) is 6.92 Å². The third-order valence-corrected chi connectivity index (χ3v) is 5.51. The number of aryl methyl sites for hydroxylation is 1. The summed E-state index contributed by atoms with van der Waals surface area (Å²) in [6.07, 6.45) is 0.312. The molecule has 1 aliphatic heterocycles. The second-order valence-electron chi connectivity index (χ2n) is 7.72. The van der Waals surface area contributed by atoms with Crippen LogP contribution in [0.3, 0.4) is 0 Å². The standard InChI is InChI=1S/C23H23ClFN3O3/c1-13-11-28(12-14(2)30-13)17-9-7-16(8-10-17)26-23(29)20-15(3)31-27-22(20)21-18(24)5-4-6-19(21)25/h4-10,13-14H,11-12H2,1-3H3,(H,26,29). The maximum Gasteiger partial charge on any atom is 0.261 e. The number of amides is 1. The Morgan fingerprint density at radius 3 is 2.48 bits per heavy atom. The van der Waals surface area contributed by atoms with Crippen LogP contribution in [0.2, 0.25) is 5.02 Å². The van der Waals surface area contributed by atoms with Crippen molar-refractivity contribution < 1.29 is 18.4 Å². The highest BCUT2D eigenvalue weighted by atomic mass is 35.5. The van der Waals surface area contributed by atoms with E-state index >= 15 is 0 Å². The number of morpholine rings is 1. The summed E-state index contributed by atoms with van der Waals surface area (Å²) in [6.45, 7) is 7.32. The van der Waals surface area contributed by atoms with Gasteiger partial charge in [0.1, 0.15) is 22.8 Å². The van der Waals surface area contributed by atoms with Crippen molar-refractivity contribution in [3.05, 3.63) is 64.6 Å². The number of aromatic nitrogens is 1. The van der Waals surface area contributed by atoms with E-state index in [2.05, 4.69) is 29.2 Å². The van der Waals surface area contributed by atoms with Crippen molar-refractivity contribution >= 4 is 28.9 Å². The van der Waals surface area contributed by atoms with Crippen LogP contribution in [0, 0.1) is 12.7 Å². The molecule has 2 aromatic carbocycles. The molecule has 2 heterocycles. The Balaban J connectivity index is 1.55. The lowest BCUT2D eigenvalue weighted by molar-refractivity contribution is -0.00521. The van der Waals surface area contributed by atoms with Gasteiger partial charge in [-0.2, -0.15) is 0 Å². The van der Waals surface area contributed by atoms with Crippen molar-refractivity contribution in [3.63, 3.8) is 0 Å². The van der Waals surface area contributed by atoms with Crippen LogP contribution < -0.4 is 10.2 Å². The molecule has 1 fully saturated rings. The van der Waals surface area contributed by atoms with Gasteiger partial charge in [0, 0.05) is 24.5 Å². The van der Waals surface area contributed by atoms with E-state index in [1.807, 2.05) is 24.3 Å². The average molecular weight is 444 g/mol. The second kappa shape index (κ2) is 8.69. The van der Waals surface area contributed by atoms with Crippen LogP contribution in [-0.4, -0.2) is 36.4 Å². The monoisotopic (exact) mass is 443 g/mol. The molecule has 0 bridgehead atoms. The van der Waals surface area contributed by atoms with Gasteiger partial charge >= 0.3 is 0 Å². The van der Waals surface area contributed by atoms with E-state index in [4.69, 9.17) is 20.9 Å². The van der Waals surface area contributed by atoms with Crippen LogP contribution in [0.25, 0.3) is 11.3 Å². The lowest BCUT2D eigenvalue weighted by Gasteiger charge is -2.36. The van der Waals surface area contributed by atoms with Gasteiger partial charge < -0.3 is 19.5 Å². The molecule has 3 aromatic rings. The molecule has 0 spiro atoms. The molecule has 1 N–H and O–H groups in total. The molecular weight excluding hydrogens is 421 g/mol. The summed E-state index contributed by atoms with van der Waals surface area (Å²) < 4.78 is 25.3. The zero-order valence-corrected chi connectivity index (χ0v) is 18.2. The number of hydrogen-bond donors (Lipinski definition) is 1. The zero-order valence-electron chi connectivity index (χ0n) is 17.5. The number of nitrogens with zero attached hydrogens (tertiary/aromatic N) is 2. The number of carbonyl (C=O) groups is 1. The first kappa shape index (κ1) is 21.3. The zero-order chi connectivity index (χ0) is 22.1. The molecule has 1 aromatic heterocycles. The quantitative estimate of drug-likeness (QED) is 0.592. The normalized spacial score (nSPS) is 18.8. The molecule has 0 radical (unpaired) electrons. The molecule has 6 nitrogen and oxygen atoms in total. The first-order chi connectivity index (χ1) is 14.8. The Bertz CT molecular complexity index is 1070. The van der Waals surface area contributed by atoms with Crippen LogP contribution in [0.5, 0.6) is 0 Å². The largest absolute Gasteiger partial charge is 0.372 e. The average Bonchev–Trinajstić information content (AvgIpc) is 3.09. The third-order valence-electron chi connectivity index (χ3n) is 5.20. The summed E-state index contributed by atoms with van der Waals surface area (Å²) in [7, 11) is 0. The van der Waals surface area contributed by atoms with Gasteiger partial charge in [-0.1, -0.05) is 22.8 Å². The first-order valence-corrected chi connectivity index (χ1v) is 10.4. The van der Waals surface area contributed by atoms with E-state index < -0.39 is 11.7 Å². The van der Waals surface area contributed by atoms with Gasteiger partial charge in [0.2, 0.25) is 0 Å². The lowest BCUT2D eigenvalue weighted by atomic mass is 10.0. The smallest absolute Gasteiger partial charge is 0.261 e. The fourth-order valence-electron chi connectivity index (χ4n) is 3.87. The Hall–Kier alpha value is -2.90. The second-order valence-corrected chi connectivity index (χ2v) is 8.13. The van der Waals surface area contributed by atoms with Gasteiger partial charge in [-0.05, 0) is 57.2 Å². The van der Waals surface area contributed by atoms with Crippen LogP contribution >= 0.6 is 11.6 Å². The Morgan fingerprint density at radius 2 is 1.84 bits per heavy atom. The van der Waals surface area contributed by atoms with Gasteiger partial charge in [-0.3, -0.25) is 4.79 Å². The predicted molar refractivity (Wildman–Crippen MR) is 118 cm³/mol. The Labute approximate surface area is 184 Å². The summed E-state index contributed by atoms with van der Waals surface area (Å²) in [4.78, 5) is 15.2. The molecule has 0 aliphatic carbocycles. The highest BCUT2D eigenvalue weighted by Gasteiger charge is 2.26. The van der Waals surface area contributed by atoms with Crippen LogP contribution in [0.15, 0.2) is 47.0 Å². The van der Waals surface area contributed by atoms with E-state index in [9.17, 15) is 9.18 Å². The number of nitrogens with one attached hydrogen (secondary N) is 1. The minimum absolute atomic E-state index is 0.0390. The van der Waals surface area contributed by atoms with Gasteiger partial charge in [-0.15, -0.1) is 0 Å². The van der Waals surface area contributed by atoms with Gasteiger partial charge in [0.05, 0.1) is 22.8 Å². The van der Waals surface area contributed by atoms with Crippen molar-refractivity contribution in [1.82, 2.24) is 5.16 Å². The maximum atomic E-state index is 14.4. The Kier molecular flexibility index (Phi) is 5.98. The molecule has 1 amide bonds. The number of rotatable bonds is 4. The molecule has 162 valence electrons. The van der Waals surface area contributed by atoms with Crippen LogP contribution in [0.1, 0.15) is 30.0 Å². The highest BCUT2D eigenvalue weighted by molar-refractivity contribution is 6.33. The molecule has 2 atom stereocenters. The molecule has 4 rings (SSSR count). The molecule has 1 saturated heterocycles. The number of halogens is 2. The molecule has 31 heavy (non-hydrogen) atoms. The highest BCUT2D eigenvalue weighted by Crippen LogP contribution is 2.34. The SMILES string of the molecule is Cc1onc(-c2c(F)cccc2Cl)c1C(=O)Nc1ccc(N2CC(C)OC(C)C2)cc1. The van der Waals surface area contributed by atoms with Crippen molar-refractivity contribution in [2.75, 3.05) is 23.3 Å². The molecule has 1 aliphatic rings. The third kappa shape index (κ3) is 4.43. The van der Waals surface area contributed by atoms with Gasteiger partial charge in [0.15, 0.2) is 0 Å². The fraction of sp³-hybridized carbons (Fsp3) is 0.304. The van der Waals surface area contributed by atoms with Crippen LogP contribution in [-0.2, 0) is 4.74 Å². The number of anilines is 2.